The fourth-order valence-corrected chi connectivity index (χ4v) is 4.10. The molecule has 5 atom stereocenters. The number of carbonyl (C=O) groups is 2. The van der Waals surface area contributed by atoms with Gasteiger partial charge in [0.25, 0.3) is 0 Å². The van der Waals surface area contributed by atoms with Crippen LogP contribution in [0.5, 0.6) is 5.75 Å². The van der Waals surface area contributed by atoms with Gasteiger partial charge in [0.05, 0.1) is 13.2 Å². The maximum atomic E-state index is 12.5. The molecule has 3 heterocycles. The van der Waals surface area contributed by atoms with Gasteiger partial charge in [0.15, 0.2) is 12.1 Å². The predicted molar refractivity (Wildman–Crippen MR) is 111 cm³/mol. The molecule has 0 spiro atoms. The molecule has 0 unspecified atom stereocenters. The lowest BCUT2D eigenvalue weighted by molar-refractivity contribution is -0.193. The minimum absolute atomic E-state index is 0.0974. The highest BCUT2D eigenvalue weighted by molar-refractivity contribution is 5.71. The fraction of sp³-hybridized carbons (Fsp3) is 0.636. The molecule has 3 aliphatic heterocycles. The lowest BCUT2D eigenvalue weighted by atomic mass is 9.87. The van der Waals surface area contributed by atoms with Crippen LogP contribution in [0.15, 0.2) is 30.3 Å². The van der Waals surface area contributed by atoms with Crippen molar-refractivity contribution in [1.29, 1.82) is 0 Å². The average molecular weight is 450 g/mol. The maximum absolute atomic E-state index is 12.5. The van der Waals surface area contributed by atoms with Crippen molar-refractivity contribution in [1.82, 2.24) is 10.6 Å². The quantitative estimate of drug-likeness (QED) is 0.719. The van der Waals surface area contributed by atoms with Crippen LogP contribution in [0, 0.1) is 0 Å². The number of ether oxygens (including phenoxy) is 6. The summed E-state index contributed by atoms with van der Waals surface area (Å²) >= 11 is 0. The normalized spacial score (nSPS) is 32.7. The first-order valence-electron chi connectivity index (χ1n) is 10.6. The molecule has 2 bridgehead atoms. The van der Waals surface area contributed by atoms with Gasteiger partial charge in [0.1, 0.15) is 35.2 Å². The van der Waals surface area contributed by atoms with Crippen LogP contribution >= 0.6 is 0 Å². The molecule has 3 fully saturated rings. The molecule has 1 aromatic rings. The van der Waals surface area contributed by atoms with Crippen LogP contribution in [-0.4, -0.2) is 66.9 Å². The fourth-order valence-electron chi connectivity index (χ4n) is 4.10. The third-order valence-corrected chi connectivity index (χ3v) is 5.31. The average Bonchev–Trinajstić information content (AvgIpc) is 3.23. The second kappa shape index (κ2) is 8.18. The number of benzene rings is 1. The smallest absolute Gasteiger partial charge is 0.413 e. The Morgan fingerprint density at radius 2 is 1.81 bits per heavy atom. The molecular weight excluding hydrogens is 420 g/mol. The van der Waals surface area contributed by atoms with Gasteiger partial charge < -0.3 is 39.1 Å². The van der Waals surface area contributed by atoms with Crippen molar-refractivity contribution >= 4 is 12.2 Å². The van der Waals surface area contributed by atoms with E-state index in [1.165, 1.54) is 0 Å². The summed E-state index contributed by atoms with van der Waals surface area (Å²) in [5, 5.41) is 5.53. The summed E-state index contributed by atoms with van der Waals surface area (Å²) in [6, 6.07) is 8.05. The minimum atomic E-state index is -0.985. The Balaban J connectivity index is 1.47. The van der Waals surface area contributed by atoms with Crippen LogP contribution in [0.3, 0.4) is 0 Å². The van der Waals surface area contributed by atoms with Crippen molar-refractivity contribution in [2.75, 3.05) is 13.2 Å². The van der Waals surface area contributed by atoms with Gasteiger partial charge in [-0.05, 0) is 46.8 Å². The molecule has 0 radical (unpaired) electrons. The van der Waals surface area contributed by atoms with Gasteiger partial charge in [-0.3, -0.25) is 0 Å². The number of amides is 2. The zero-order valence-electron chi connectivity index (χ0n) is 18.9. The van der Waals surface area contributed by atoms with Gasteiger partial charge in [-0.15, -0.1) is 0 Å². The molecule has 0 aliphatic carbocycles. The zero-order valence-corrected chi connectivity index (χ0v) is 18.9. The van der Waals surface area contributed by atoms with Gasteiger partial charge in [0, 0.05) is 0 Å². The summed E-state index contributed by atoms with van der Waals surface area (Å²) in [4.78, 5) is 24.7. The second-order valence-electron chi connectivity index (χ2n) is 9.61. The van der Waals surface area contributed by atoms with E-state index >= 15 is 0 Å². The van der Waals surface area contributed by atoms with Gasteiger partial charge in [0.2, 0.25) is 0 Å². The van der Waals surface area contributed by atoms with E-state index in [4.69, 9.17) is 28.4 Å². The van der Waals surface area contributed by atoms with Crippen LogP contribution in [0.2, 0.25) is 0 Å². The molecule has 3 saturated heterocycles. The number of carbonyl (C=O) groups excluding carboxylic acids is 2. The van der Waals surface area contributed by atoms with Crippen LogP contribution in [0.25, 0.3) is 0 Å². The van der Waals surface area contributed by atoms with E-state index in [0.717, 1.165) is 0 Å². The van der Waals surface area contributed by atoms with Crippen molar-refractivity contribution in [3.63, 3.8) is 0 Å². The van der Waals surface area contributed by atoms with Gasteiger partial charge >= 0.3 is 12.2 Å². The number of nitrogens with one attached hydrogen (secondary N) is 2. The molecule has 3 aliphatic rings. The molecule has 0 aromatic heterocycles. The number of hydrogen-bond donors (Lipinski definition) is 2. The summed E-state index contributed by atoms with van der Waals surface area (Å²) in [6.07, 6.45) is -3.20. The number of fused-ring (bicyclic) bond motifs is 4. The van der Waals surface area contributed by atoms with E-state index in [-0.39, 0.29) is 13.2 Å². The molecule has 32 heavy (non-hydrogen) atoms. The molecule has 4 rings (SSSR count). The van der Waals surface area contributed by atoms with Crippen molar-refractivity contribution in [2.24, 2.45) is 0 Å². The predicted octanol–water partition coefficient (Wildman–Crippen LogP) is 2.31. The van der Waals surface area contributed by atoms with E-state index in [1.807, 2.05) is 6.07 Å². The first-order chi connectivity index (χ1) is 15.0. The highest BCUT2D eigenvalue weighted by atomic mass is 16.8. The van der Waals surface area contributed by atoms with Gasteiger partial charge in [-0.1, -0.05) is 18.2 Å². The topological polar surface area (TPSA) is 114 Å². The standard InChI is InChI=1S/C22H30N2O8/c1-20(2,3)32-18(25)23-11-22-12-27-17(31-22)14(15-16(22)30-21(4,5)29-15)24-19(26)28-13-9-7-6-8-10-13/h6-10,14-17H,11-12H2,1-5H3,(H,23,25)(H,24,26)/t14-,15-,16-,17+,22+/m1/s1. The lowest BCUT2D eigenvalue weighted by Crippen LogP contribution is -2.67. The van der Waals surface area contributed by atoms with Crippen LogP contribution in [-0.2, 0) is 23.7 Å². The Morgan fingerprint density at radius 1 is 1.09 bits per heavy atom. The van der Waals surface area contributed by atoms with Gasteiger partial charge in [-0.2, -0.15) is 0 Å². The Labute approximate surface area is 186 Å². The van der Waals surface area contributed by atoms with Crippen molar-refractivity contribution in [2.45, 2.75) is 76.1 Å². The summed E-state index contributed by atoms with van der Waals surface area (Å²) < 4.78 is 34.9. The second-order valence-corrected chi connectivity index (χ2v) is 9.61. The minimum Gasteiger partial charge on any atom is -0.444 e. The van der Waals surface area contributed by atoms with E-state index in [0.29, 0.717) is 5.75 Å². The summed E-state index contributed by atoms with van der Waals surface area (Å²) in [5.41, 5.74) is -1.61. The largest absolute Gasteiger partial charge is 0.444 e. The molecule has 10 nitrogen and oxygen atoms in total. The van der Waals surface area contributed by atoms with Gasteiger partial charge in [-0.25, -0.2) is 9.59 Å². The van der Waals surface area contributed by atoms with E-state index < -0.39 is 53.7 Å². The highest BCUT2D eigenvalue weighted by Crippen LogP contribution is 2.46. The molecule has 2 N–H and O–H groups in total. The van der Waals surface area contributed by atoms with Crippen LogP contribution < -0.4 is 15.4 Å². The third-order valence-electron chi connectivity index (χ3n) is 5.31. The third kappa shape index (κ3) is 4.83. The monoisotopic (exact) mass is 450 g/mol. The maximum Gasteiger partial charge on any atom is 0.413 e. The van der Waals surface area contributed by atoms with Crippen LogP contribution in [0.1, 0.15) is 34.6 Å². The molecule has 0 saturated carbocycles. The SMILES string of the molecule is CC(C)(C)OC(=O)NC[C@@]12CO[C@@H](O1)[C@H](NC(=O)Oc1ccccc1)[C@H]1OC(C)(C)O[C@H]12. The van der Waals surface area contributed by atoms with E-state index in [2.05, 4.69) is 10.6 Å². The summed E-state index contributed by atoms with van der Waals surface area (Å²) in [5.74, 6) is -0.504. The first kappa shape index (κ1) is 22.8. The molecule has 10 heteroatoms. The van der Waals surface area contributed by atoms with Crippen molar-refractivity contribution in [3.05, 3.63) is 30.3 Å². The Bertz CT molecular complexity index is 855. The Morgan fingerprint density at radius 3 is 2.50 bits per heavy atom. The summed E-state index contributed by atoms with van der Waals surface area (Å²) in [7, 11) is 0. The number of hydrogen-bond acceptors (Lipinski definition) is 8. The lowest BCUT2D eigenvalue weighted by Gasteiger charge is -2.42. The number of alkyl carbamates (subject to hydrolysis) is 1. The molecule has 2 amide bonds. The van der Waals surface area contributed by atoms with E-state index in [9.17, 15) is 9.59 Å². The van der Waals surface area contributed by atoms with Crippen LogP contribution in [0.4, 0.5) is 9.59 Å². The molecule has 176 valence electrons. The Hall–Kier alpha value is -2.40. The number of para-hydroxylation sites is 1. The van der Waals surface area contributed by atoms with Crippen molar-refractivity contribution in [3.8, 4) is 5.75 Å². The van der Waals surface area contributed by atoms with Crippen molar-refractivity contribution < 1.29 is 38.0 Å². The molecule has 1 aromatic carbocycles. The molecular formula is C22H30N2O8. The van der Waals surface area contributed by atoms with E-state index in [1.54, 1.807) is 58.9 Å². The zero-order chi connectivity index (χ0) is 23.1. The summed E-state index contributed by atoms with van der Waals surface area (Å²) in [6.45, 7) is 9.18. The Kier molecular flexibility index (Phi) is 5.83. The highest BCUT2D eigenvalue weighted by Gasteiger charge is 2.66. The first-order valence-corrected chi connectivity index (χ1v) is 10.6. The number of rotatable bonds is 4.